The van der Waals surface area contributed by atoms with Crippen molar-refractivity contribution in [2.75, 3.05) is 25.9 Å². The number of nitrogens with one attached hydrogen (secondary N) is 1. The molecule has 0 aromatic heterocycles. The summed E-state index contributed by atoms with van der Waals surface area (Å²) in [5.41, 5.74) is 1.48. The Kier molecular flexibility index (Phi) is 5.03. The van der Waals surface area contributed by atoms with Crippen LogP contribution in [-0.2, 0) is 0 Å². The van der Waals surface area contributed by atoms with Crippen LogP contribution in [0.15, 0.2) is 30.3 Å². The molecule has 1 N–H and O–H groups in total. The van der Waals surface area contributed by atoms with Crippen molar-refractivity contribution in [3.8, 4) is 0 Å². The predicted molar refractivity (Wildman–Crippen MR) is 88.3 cm³/mol. The van der Waals surface area contributed by atoms with E-state index in [-0.39, 0.29) is 0 Å². The van der Waals surface area contributed by atoms with Gasteiger partial charge in [0.1, 0.15) is 0 Å². The second kappa shape index (κ2) is 6.97. The zero-order chi connectivity index (χ0) is 13.8. The number of nitrogens with zero attached hydrogens (tertiary/aromatic N) is 1. The van der Waals surface area contributed by atoms with Crippen LogP contribution in [0.4, 0.5) is 0 Å². The van der Waals surface area contributed by atoms with Crippen LogP contribution in [0.2, 0.25) is 0 Å². The fourth-order valence-electron chi connectivity index (χ4n) is 3.78. The highest BCUT2D eigenvalue weighted by Gasteiger charge is 2.32. The molecule has 1 aliphatic heterocycles. The predicted octanol–water partition coefficient (Wildman–Crippen LogP) is 3.31. The van der Waals surface area contributed by atoms with Crippen molar-refractivity contribution < 1.29 is 0 Å². The molecule has 2 aliphatic rings. The summed E-state index contributed by atoms with van der Waals surface area (Å²) in [4.78, 5) is 2.79. The molecule has 3 rings (SSSR count). The monoisotopic (exact) mass is 290 g/mol. The molecule has 2 nitrogen and oxygen atoms in total. The van der Waals surface area contributed by atoms with Crippen molar-refractivity contribution in [3.05, 3.63) is 35.9 Å². The number of hydrogen-bond acceptors (Lipinski definition) is 3. The first-order chi connectivity index (χ1) is 9.88. The first-order valence-corrected chi connectivity index (χ1v) is 9.21. The van der Waals surface area contributed by atoms with Gasteiger partial charge >= 0.3 is 0 Å². The summed E-state index contributed by atoms with van der Waals surface area (Å²) in [6.07, 6.45) is 7.87. The maximum atomic E-state index is 3.58. The molecule has 0 spiro atoms. The van der Waals surface area contributed by atoms with Crippen LogP contribution in [0.5, 0.6) is 0 Å². The van der Waals surface area contributed by atoms with E-state index in [1.165, 1.54) is 37.8 Å². The zero-order valence-electron chi connectivity index (χ0n) is 12.4. The minimum absolute atomic E-state index is 0.565. The van der Waals surface area contributed by atoms with Crippen LogP contribution in [0.1, 0.15) is 37.3 Å². The van der Waals surface area contributed by atoms with E-state index in [0.29, 0.717) is 6.04 Å². The highest BCUT2D eigenvalue weighted by molar-refractivity contribution is 7.99. The summed E-state index contributed by atoms with van der Waals surface area (Å²) in [5.74, 6) is 0. The third kappa shape index (κ3) is 3.21. The summed E-state index contributed by atoms with van der Waals surface area (Å²) in [5, 5.41) is 4.46. The Hall–Kier alpha value is -0.510. The van der Waals surface area contributed by atoms with E-state index < -0.39 is 0 Å². The van der Waals surface area contributed by atoms with Crippen molar-refractivity contribution in [1.82, 2.24) is 10.2 Å². The Labute approximate surface area is 127 Å². The van der Waals surface area contributed by atoms with Gasteiger partial charge in [-0.1, -0.05) is 36.8 Å². The van der Waals surface area contributed by atoms with Gasteiger partial charge in [0.25, 0.3) is 0 Å². The smallest absolute Gasteiger partial charge is 0.0476 e. The van der Waals surface area contributed by atoms with Crippen LogP contribution in [-0.4, -0.2) is 42.1 Å². The fraction of sp³-hybridized carbons (Fsp3) is 0.647. The Morgan fingerprint density at radius 3 is 2.85 bits per heavy atom. The average molecular weight is 290 g/mol. The van der Waals surface area contributed by atoms with Gasteiger partial charge < -0.3 is 5.32 Å². The number of hydrogen-bond donors (Lipinski definition) is 1. The van der Waals surface area contributed by atoms with E-state index in [2.05, 4.69) is 58.6 Å². The lowest BCUT2D eigenvalue weighted by molar-refractivity contribution is 0.0835. The summed E-state index contributed by atoms with van der Waals surface area (Å²) < 4.78 is 0. The third-order valence-electron chi connectivity index (χ3n) is 4.87. The molecular weight excluding hydrogens is 264 g/mol. The zero-order valence-corrected chi connectivity index (χ0v) is 13.2. The van der Waals surface area contributed by atoms with Gasteiger partial charge in [0.05, 0.1) is 0 Å². The molecule has 1 aromatic rings. The van der Waals surface area contributed by atoms with Gasteiger partial charge in [0, 0.05) is 37.0 Å². The Balaban J connectivity index is 1.75. The molecule has 2 fully saturated rings. The molecule has 3 unspecified atom stereocenters. The molecule has 20 heavy (non-hydrogen) atoms. The highest BCUT2D eigenvalue weighted by Crippen LogP contribution is 2.34. The molecule has 1 aromatic carbocycles. The molecule has 1 saturated heterocycles. The van der Waals surface area contributed by atoms with E-state index in [1.807, 2.05) is 0 Å². The van der Waals surface area contributed by atoms with Crippen LogP contribution in [0.25, 0.3) is 0 Å². The molecule has 0 amide bonds. The second-order valence-corrected chi connectivity index (χ2v) is 7.18. The topological polar surface area (TPSA) is 15.3 Å². The summed E-state index contributed by atoms with van der Waals surface area (Å²) in [6, 6.07) is 12.4. The lowest BCUT2D eigenvalue weighted by Gasteiger charge is -2.44. The van der Waals surface area contributed by atoms with Gasteiger partial charge in [0.15, 0.2) is 0 Å². The second-order valence-electron chi connectivity index (χ2n) is 6.05. The molecule has 0 radical (unpaired) electrons. The van der Waals surface area contributed by atoms with E-state index in [0.717, 1.165) is 24.4 Å². The molecule has 1 saturated carbocycles. The third-order valence-corrected chi connectivity index (χ3v) is 5.96. The quantitative estimate of drug-likeness (QED) is 0.919. The van der Waals surface area contributed by atoms with Crippen molar-refractivity contribution in [1.29, 1.82) is 0 Å². The van der Waals surface area contributed by atoms with Gasteiger partial charge in [-0.3, -0.25) is 4.90 Å². The fourth-order valence-corrected chi connectivity index (χ4v) is 4.59. The van der Waals surface area contributed by atoms with Crippen molar-refractivity contribution in [2.45, 2.75) is 43.0 Å². The molecule has 3 atom stereocenters. The van der Waals surface area contributed by atoms with Crippen molar-refractivity contribution in [3.63, 3.8) is 0 Å². The SMILES string of the molecule is CSC1CCCC(N2CCNCC2c2ccccc2)C1. The number of piperazine rings is 1. The maximum absolute atomic E-state index is 3.58. The Morgan fingerprint density at radius 2 is 2.05 bits per heavy atom. The van der Waals surface area contributed by atoms with Gasteiger partial charge in [0.2, 0.25) is 0 Å². The van der Waals surface area contributed by atoms with E-state index >= 15 is 0 Å². The maximum Gasteiger partial charge on any atom is 0.0476 e. The molecule has 3 heteroatoms. The van der Waals surface area contributed by atoms with Crippen molar-refractivity contribution >= 4 is 11.8 Å². The normalized spacial score (nSPS) is 32.1. The van der Waals surface area contributed by atoms with Crippen LogP contribution >= 0.6 is 11.8 Å². The first-order valence-electron chi connectivity index (χ1n) is 7.92. The molecule has 0 bridgehead atoms. The van der Waals surface area contributed by atoms with Gasteiger partial charge in [-0.25, -0.2) is 0 Å². The van der Waals surface area contributed by atoms with Gasteiger partial charge in [-0.2, -0.15) is 11.8 Å². The Bertz CT molecular complexity index is 409. The van der Waals surface area contributed by atoms with Gasteiger partial charge in [-0.15, -0.1) is 0 Å². The molecule has 110 valence electrons. The highest BCUT2D eigenvalue weighted by atomic mass is 32.2. The lowest BCUT2D eigenvalue weighted by Crippen LogP contribution is -2.51. The molecule has 1 heterocycles. The molecular formula is C17H26N2S. The number of benzene rings is 1. The lowest BCUT2D eigenvalue weighted by atomic mass is 9.90. The number of thioether (sulfide) groups is 1. The minimum Gasteiger partial charge on any atom is -0.314 e. The number of rotatable bonds is 3. The van der Waals surface area contributed by atoms with Crippen molar-refractivity contribution in [2.24, 2.45) is 0 Å². The summed E-state index contributed by atoms with van der Waals surface area (Å²) in [6.45, 7) is 3.44. The van der Waals surface area contributed by atoms with Gasteiger partial charge in [-0.05, 0) is 31.1 Å². The molecule has 1 aliphatic carbocycles. The minimum atomic E-state index is 0.565. The summed E-state index contributed by atoms with van der Waals surface area (Å²) in [7, 11) is 0. The first kappa shape index (κ1) is 14.4. The van der Waals surface area contributed by atoms with E-state index in [4.69, 9.17) is 0 Å². The van der Waals surface area contributed by atoms with Crippen LogP contribution in [0, 0.1) is 0 Å². The van der Waals surface area contributed by atoms with E-state index in [9.17, 15) is 0 Å². The summed E-state index contributed by atoms with van der Waals surface area (Å²) >= 11 is 2.07. The standard InChI is InChI=1S/C17H26N2S/c1-20-16-9-5-8-15(12-16)19-11-10-18-13-17(19)14-6-3-2-4-7-14/h2-4,6-7,15-18H,5,8-13H2,1H3. The average Bonchev–Trinajstić information content (AvgIpc) is 2.56. The largest absolute Gasteiger partial charge is 0.314 e. The van der Waals surface area contributed by atoms with Crippen LogP contribution in [0.3, 0.4) is 0 Å². The van der Waals surface area contributed by atoms with E-state index in [1.54, 1.807) is 0 Å². The van der Waals surface area contributed by atoms with Crippen LogP contribution < -0.4 is 5.32 Å². The Morgan fingerprint density at radius 1 is 1.20 bits per heavy atom.